The molecule has 3 amide bonds. The number of carbonyl (C=O) groups is 3. The lowest BCUT2D eigenvalue weighted by Gasteiger charge is -2.35. The normalized spacial score (nSPS) is 16.0. The van der Waals surface area contributed by atoms with Gasteiger partial charge in [0, 0.05) is 23.7 Å². The number of methoxy groups -OCH3 is 1. The van der Waals surface area contributed by atoms with Gasteiger partial charge in [0.25, 0.3) is 0 Å². The number of anilines is 1. The van der Waals surface area contributed by atoms with E-state index in [-0.39, 0.29) is 19.6 Å². The van der Waals surface area contributed by atoms with Crippen LogP contribution in [0.3, 0.4) is 0 Å². The first kappa shape index (κ1) is 23.6. The van der Waals surface area contributed by atoms with Gasteiger partial charge in [-0.05, 0) is 48.2 Å². The number of benzene rings is 2. The Bertz CT molecular complexity index is 1010. The highest BCUT2D eigenvalue weighted by atomic mass is 35.5. The van der Waals surface area contributed by atoms with Gasteiger partial charge in [0.1, 0.15) is 12.1 Å². The lowest BCUT2D eigenvalue weighted by Crippen LogP contribution is -2.56. The topological polar surface area (TPSA) is 108 Å². The first-order valence-electron chi connectivity index (χ1n) is 10.2. The van der Waals surface area contributed by atoms with E-state index in [2.05, 4.69) is 10.6 Å². The minimum absolute atomic E-state index is 0.0195. The Morgan fingerprint density at radius 3 is 2.59 bits per heavy atom. The standard InChI is InChI=1S/C23H26ClN3O5/c1-14-11-17(7-8-18(14)24)25-21(29)19(9-10-28)26-22(30)20-12-15-5-3-4-6-16(15)13-27(20)23(31)32-2/h3-8,11,19-20,28H,9-10,12-13H2,1-2H3,(H,25,29)(H,26,30)/t19-,20-/m0/s1. The highest BCUT2D eigenvalue weighted by Gasteiger charge is 2.36. The molecule has 9 heteroatoms. The fourth-order valence-corrected chi connectivity index (χ4v) is 3.80. The third-order valence-corrected chi connectivity index (χ3v) is 5.86. The van der Waals surface area contributed by atoms with Crippen molar-refractivity contribution in [2.24, 2.45) is 0 Å². The molecule has 3 N–H and O–H groups in total. The zero-order valence-corrected chi connectivity index (χ0v) is 18.7. The first-order chi connectivity index (χ1) is 15.3. The lowest BCUT2D eigenvalue weighted by molar-refractivity contribution is -0.130. The van der Waals surface area contributed by atoms with E-state index in [1.807, 2.05) is 31.2 Å². The highest BCUT2D eigenvalue weighted by molar-refractivity contribution is 6.31. The van der Waals surface area contributed by atoms with Crippen LogP contribution >= 0.6 is 11.6 Å². The predicted octanol–water partition coefficient (Wildman–Crippen LogP) is 2.65. The van der Waals surface area contributed by atoms with Crippen molar-refractivity contribution in [1.82, 2.24) is 10.2 Å². The van der Waals surface area contributed by atoms with Crippen molar-refractivity contribution in [2.45, 2.75) is 38.4 Å². The number of aliphatic hydroxyl groups is 1. The van der Waals surface area contributed by atoms with Crippen molar-refractivity contribution in [2.75, 3.05) is 19.0 Å². The smallest absolute Gasteiger partial charge is 0.410 e. The molecule has 0 saturated carbocycles. The molecule has 0 aliphatic carbocycles. The van der Waals surface area contributed by atoms with E-state index in [9.17, 15) is 19.5 Å². The van der Waals surface area contributed by atoms with Gasteiger partial charge in [0.2, 0.25) is 11.8 Å². The van der Waals surface area contributed by atoms with Gasteiger partial charge in [-0.3, -0.25) is 14.5 Å². The zero-order valence-electron chi connectivity index (χ0n) is 17.9. The number of fused-ring (bicyclic) bond motifs is 1. The Morgan fingerprint density at radius 1 is 1.22 bits per heavy atom. The van der Waals surface area contributed by atoms with Gasteiger partial charge < -0.3 is 20.5 Å². The summed E-state index contributed by atoms with van der Waals surface area (Å²) in [6, 6.07) is 10.8. The number of nitrogens with one attached hydrogen (secondary N) is 2. The third-order valence-electron chi connectivity index (χ3n) is 5.44. The first-order valence-corrected chi connectivity index (χ1v) is 10.6. The van der Waals surface area contributed by atoms with Crippen molar-refractivity contribution in [1.29, 1.82) is 0 Å². The molecule has 2 aromatic carbocycles. The minimum atomic E-state index is -0.986. The fraction of sp³-hybridized carbons (Fsp3) is 0.348. The zero-order chi connectivity index (χ0) is 23.3. The van der Waals surface area contributed by atoms with Crippen LogP contribution in [0.15, 0.2) is 42.5 Å². The van der Waals surface area contributed by atoms with Gasteiger partial charge >= 0.3 is 6.09 Å². The van der Waals surface area contributed by atoms with Gasteiger partial charge in [0.15, 0.2) is 0 Å². The number of ether oxygens (including phenoxy) is 1. The average Bonchev–Trinajstić information content (AvgIpc) is 2.79. The quantitative estimate of drug-likeness (QED) is 0.615. The van der Waals surface area contributed by atoms with Gasteiger partial charge in [-0.25, -0.2) is 4.79 Å². The number of halogens is 1. The van der Waals surface area contributed by atoms with Gasteiger partial charge in [-0.2, -0.15) is 0 Å². The van der Waals surface area contributed by atoms with Gasteiger partial charge in [-0.15, -0.1) is 0 Å². The monoisotopic (exact) mass is 459 g/mol. The van der Waals surface area contributed by atoms with E-state index in [4.69, 9.17) is 16.3 Å². The maximum atomic E-state index is 13.1. The molecule has 1 aliphatic heterocycles. The van der Waals surface area contributed by atoms with Crippen LogP contribution in [-0.4, -0.2) is 53.7 Å². The van der Waals surface area contributed by atoms with E-state index < -0.39 is 30.0 Å². The van der Waals surface area contributed by atoms with Crippen LogP contribution in [0.1, 0.15) is 23.1 Å². The molecule has 3 rings (SSSR count). The Labute approximate surface area is 191 Å². The van der Waals surface area contributed by atoms with E-state index >= 15 is 0 Å². The summed E-state index contributed by atoms with van der Waals surface area (Å²) in [6.45, 7) is 1.74. The molecule has 0 spiro atoms. The third kappa shape index (κ3) is 5.38. The highest BCUT2D eigenvalue weighted by Crippen LogP contribution is 2.24. The van der Waals surface area contributed by atoms with Gasteiger partial charge in [-0.1, -0.05) is 35.9 Å². The number of nitrogens with zero attached hydrogens (tertiary/aromatic N) is 1. The van der Waals surface area contributed by atoms with Crippen molar-refractivity contribution in [3.8, 4) is 0 Å². The second-order valence-corrected chi connectivity index (χ2v) is 8.02. The van der Waals surface area contributed by atoms with Crippen molar-refractivity contribution >= 4 is 35.2 Å². The molecule has 0 aromatic heterocycles. The Kier molecular flexibility index (Phi) is 7.71. The molecular weight excluding hydrogens is 434 g/mol. The molecule has 170 valence electrons. The maximum absolute atomic E-state index is 13.1. The van der Waals surface area contributed by atoms with Crippen LogP contribution in [0.4, 0.5) is 10.5 Å². The van der Waals surface area contributed by atoms with Crippen molar-refractivity contribution in [3.63, 3.8) is 0 Å². The number of aliphatic hydroxyl groups excluding tert-OH is 1. The number of hydrogen-bond acceptors (Lipinski definition) is 5. The van der Waals surface area contributed by atoms with E-state index in [1.54, 1.807) is 18.2 Å². The van der Waals surface area contributed by atoms with Crippen LogP contribution in [0.5, 0.6) is 0 Å². The summed E-state index contributed by atoms with van der Waals surface area (Å²) in [5.41, 5.74) is 3.20. The second kappa shape index (κ2) is 10.5. The average molecular weight is 460 g/mol. The summed E-state index contributed by atoms with van der Waals surface area (Å²) in [5, 5.41) is 15.4. The van der Waals surface area contributed by atoms with Crippen molar-refractivity contribution in [3.05, 3.63) is 64.2 Å². The molecule has 1 aliphatic rings. The molecule has 2 aromatic rings. The van der Waals surface area contributed by atoms with Gasteiger partial charge in [0.05, 0.1) is 13.7 Å². The summed E-state index contributed by atoms with van der Waals surface area (Å²) in [7, 11) is 1.26. The molecule has 2 atom stereocenters. The Balaban J connectivity index is 1.76. The summed E-state index contributed by atoms with van der Waals surface area (Å²) in [4.78, 5) is 39.6. The Hall–Kier alpha value is -3.10. The predicted molar refractivity (Wildman–Crippen MR) is 120 cm³/mol. The van der Waals surface area contributed by atoms with E-state index in [1.165, 1.54) is 12.0 Å². The molecule has 0 unspecified atom stereocenters. The van der Waals surface area contributed by atoms with E-state index in [0.29, 0.717) is 17.1 Å². The fourth-order valence-electron chi connectivity index (χ4n) is 3.68. The number of carbonyl (C=O) groups excluding carboxylic acids is 3. The summed E-state index contributed by atoms with van der Waals surface area (Å²) in [6.07, 6.45) is -0.313. The summed E-state index contributed by atoms with van der Waals surface area (Å²) < 4.78 is 4.86. The molecule has 8 nitrogen and oxygen atoms in total. The lowest BCUT2D eigenvalue weighted by atomic mass is 9.93. The van der Waals surface area contributed by atoms with Crippen LogP contribution in [0, 0.1) is 6.92 Å². The Morgan fingerprint density at radius 2 is 1.94 bits per heavy atom. The SMILES string of the molecule is COC(=O)N1Cc2ccccc2C[C@H]1C(=O)N[C@@H](CCO)C(=O)Nc1ccc(Cl)c(C)c1. The number of hydrogen-bond donors (Lipinski definition) is 3. The van der Waals surface area contributed by atoms with Crippen LogP contribution in [-0.2, 0) is 27.3 Å². The minimum Gasteiger partial charge on any atom is -0.453 e. The largest absolute Gasteiger partial charge is 0.453 e. The molecule has 0 fully saturated rings. The number of amides is 3. The van der Waals surface area contributed by atoms with Crippen LogP contribution in [0.25, 0.3) is 0 Å². The molecule has 0 radical (unpaired) electrons. The van der Waals surface area contributed by atoms with Crippen molar-refractivity contribution < 1.29 is 24.2 Å². The molecule has 1 heterocycles. The van der Waals surface area contributed by atoms with Crippen LogP contribution in [0.2, 0.25) is 5.02 Å². The molecule has 0 saturated heterocycles. The summed E-state index contributed by atoms with van der Waals surface area (Å²) >= 11 is 6.03. The van der Waals surface area contributed by atoms with E-state index in [0.717, 1.165) is 16.7 Å². The molecule has 0 bridgehead atoms. The number of rotatable bonds is 6. The second-order valence-electron chi connectivity index (χ2n) is 7.61. The molecular formula is C23H26ClN3O5. The molecule has 32 heavy (non-hydrogen) atoms. The summed E-state index contributed by atoms with van der Waals surface area (Å²) in [5.74, 6) is -0.972. The maximum Gasteiger partial charge on any atom is 0.410 e. The van der Waals surface area contributed by atoms with Crippen LogP contribution < -0.4 is 10.6 Å². The number of aryl methyl sites for hydroxylation is 1.